The SMILES string of the molecule is Cl.Cl.N=c1sc2cc(OC(F)(F)F)ccc2n1CCN1CCN(c2ccc(F)cc2)CC1. The molecule has 5 nitrogen and oxygen atoms in total. The molecule has 0 saturated carbocycles. The van der Waals surface area contributed by atoms with Crippen LogP contribution in [-0.4, -0.2) is 48.6 Å². The summed E-state index contributed by atoms with van der Waals surface area (Å²) in [6.07, 6.45) is -4.74. The monoisotopic (exact) mass is 512 g/mol. The van der Waals surface area contributed by atoms with E-state index in [0.717, 1.165) is 55.3 Å². The molecule has 3 aromatic rings. The molecule has 1 N–H and O–H groups in total. The zero-order valence-corrected chi connectivity index (χ0v) is 19.2. The van der Waals surface area contributed by atoms with E-state index >= 15 is 0 Å². The van der Waals surface area contributed by atoms with E-state index < -0.39 is 6.36 Å². The zero-order valence-electron chi connectivity index (χ0n) is 16.8. The van der Waals surface area contributed by atoms with Gasteiger partial charge in [-0.3, -0.25) is 10.3 Å². The van der Waals surface area contributed by atoms with Crippen LogP contribution in [0.3, 0.4) is 0 Å². The molecule has 0 unspecified atom stereocenters. The van der Waals surface area contributed by atoms with Crippen LogP contribution < -0.4 is 14.4 Å². The predicted molar refractivity (Wildman–Crippen MR) is 122 cm³/mol. The summed E-state index contributed by atoms with van der Waals surface area (Å²) in [4.78, 5) is 4.79. The predicted octanol–water partition coefficient (Wildman–Crippen LogP) is 4.89. The smallest absolute Gasteiger partial charge is 0.406 e. The molecule has 176 valence electrons. The Kier molecular flexibility index (Phi) is 8.81. The molecule has 2 aromatic carbocycles. The van der Waals surface area contributed by atoms with Crippen molar-refractivity contribution in [1.82, 2.24) is 9.47 Å². The van der Waals surface area contributed by atoms with Crippen LogP contribution in [0, 0.1) is 11.2 Å². The van der Waals surface area contributed by atoms with Gasteiger partial charge in [0.15, 0.2) is 4.80 Å². The Hall–Kier alpha value is -2.01. The van der Waals surface area contributed by atoms with Crippen molar-refractivity contribution in [2.45, 2.75) is 12.9 Å². The van der Waals surface area contributed by atoms with Crippen LogP contribution in [0.2, 0.25) is 0 Å². The molecule has 1 aliphatic heterocycles. The van der Waals surface area contributed by atoms with Crippen molar-refractivity contribution in [3.63, 3.8) is 0 Å². The number of piperazine rings is 1. The number of nitrogens with one attached hydrogen (secondary N) is 1. The van der Waals surface area contributed by atoms with Gasteiger partial charge in [0, 0.05) is 45.0 Å². The van der Waals surface area contributed by atoms with Gasteiger partial charge in [0.1, 0.15) is 11.6 Å². The summed E-state index contributed by atoms with van der Waals surface area (Å²) < 4.78 is 56.7. The van der Waals surface area contributed by atoms with Gasteiger partial charge in [-0.1, -0.05) is 11.3 Å². The lowest BCUT2D eigenvalue weighted by Crippen LogP contribution is -2.47. The molecular formula is C20H22Cl2F4N4OS. The van der Waals surface area contributed by atoms with E-state index in [-0.39, 0.29) is 36.4 Å². The molecule has 12 heteroatoms. The topological polar surface area (TPSA) is 44.5 Å². The van der Waals surface area contributed by atoms with Crippen LogP contribution in [0.25, 0.3) is 10.2 Å². The van der Waals surface area contributed by atoms with Crippen molar-refractivity contribution in [2.24, 2.45) is 0 Å². The molecule has 0 atom stereocenters. The molecule has 1 fully saturated rings. The quantitative estimate of drug-likeness (QED) is 0.495. The lowest BCUT2D eigenvalue weighted by atomic mass is 10.2. The van der Waals surface area contributed by atoms with E-state index in [9.17, 15) is 17.6 Å². The largest absolute Gasteiger partial charge is 0.573 e. The van der Waals surface area contributed by atoms with Crippen molar-refractivity contribution < 1.29 is 22.3 Å². The first kappa shape index (κ1) is 26.2. The highest BCUT2D eigenvalue weighted by Gasteiger charge is 2.31. The van der Waals surface area contributed by atoms with Gasteiger partial charge >= 0.3 is 6.36 Å². The fraction of sp³-hybridized carbons (Fsp3) is 0.350. The zero-order chi connectivity index (χ0) is 21.3. The molecule has 1 aromatic heterocycles. The maximum absolute atomic E-state index is 13.1. The van der Waals surface area contributed by atoms with Crippen LogP contribution in [0.5, 0.6) is 5.75 Å². The van der Waals surface area contributed by atoms with Gasteiger partial charge in [-0.15, -0.1) is 38.0 Å². The lowest BCUT2D eigenvalue weighted by Gasteiger charge is -2.36. The normalized spacial score (nSPS) is 14.7. The highest BCUT2D eigenvalue weighted by atomic mass is 35.5. The molecule has 2 heterocycles. The standard InChI is InChI=1S/C20H20F4N4OS.2ClH/c21-14-1-3-15(4-2-14)27-10-7-26(8-11-27)9-12-28-17-6-5-16(29-20(22,23)24)13-18(17)30-19(28)25;;/h1-6,13,25H,7-12H2;2*1H. The number of anilines is 1. The molecule has 0 bridgehead atoms. The van der Waals surface area contributed by atoms with Crippen molar-refractivity contribution in [2.75, 3.05) is 37.6 Å². The molecule has 0 aliphatic carbocycles. The Morgan fingerprint density at radius 2 is 1.59 bits per heavy atom. The maximum Gasteiger partial charge on any atom is 0.573 e. The molecule has 1 saturated heterocycles. The number of fused-ring (bicyclic) bond motifs is 1. The highest BCUT2D eigenvalue weighted by Crippen LogP contribution is 2.28. The van der Waals surface area contributed by atoms with Crippen LogP contribution in [-0.2, 0) is 6.54 Å². The Balaban J connectivity index is 0.00000181. The molecule has 0 radical (unpaired) electrons. The minimum Gasteiger partial charge on any atom is -0.406 e. The fourth-order valence-corrected chi connectivity index (χ4v) is 4.58. The Labute approximate surface area is 198 Å². The van der Waals surface area contributed by atoms with Crippen LogP contribution in [0.1, 0.15) is 0 Å². The van der Waals surface area contributed by atoms with Gasteiger partial charge in [-0.2, -0.15) is 0 Å². The van der Waals surface area contributed by atoms with Gasteiger partial charge < -0.3 is 14.2 Å². The molecule has 0 amide bonds. The number of hydrogen-bond acceptors (Lipinski definition) is 5. The number of ether oxygens (including phenoxy) is 1. The first-order valence-electron chi connectivity index (χ1n) is 9.45. The van der Waals surface area contributed by atoms with E-state index in [1.54, 1.807) is 18.2 Å². The molecule has 4 rings (SSSR count). The number of thiazole rings is 1. The Morgan fingerprint density at radius 3 is 2.22 bits per heavy atom. The molecule has 0 spiro atoms. The van der Waals surface area contributed by atoms with E-state index in [0.29, 0.717) is 16.0 Å². The van der Waals surface area contributed by atoms with Gasteiger partial charge in [0.05, 0.1) is 10.2 Å². The number of halogens is 6. The average molecular weight is 513 g/mol. The van der Waals surface area contributed by atoms with E-state index in [2.05, 4.69) is 14.5 Å². The number of alkyl halides is 3. The summed E-state index contributed by atoms with van der Waals surface area (Å²) in [5.41, 5.74) is 1.73. The second-order valence-electron chi connectivity index (χ2n) is 7.04. The van der Waals surface area contributed by atoms with Crippen LogP contribution in [0.4, 0.5) is 23.2 Å². The van der Waals surface area contributed by atoms with Crippen molar-refractivity contribution in [3.8, 4) is 5.75 Å². The van der Waals surface area contributed by atoms with Crippen molar-refractivity contribution in [3.05, 3.63) is 53.1 Å². The number of rotatable bonds is 5. The van der Waals surface area contributed by atoms with Crippen LogP contribution >= 0.6 is 36.2 Å². The second-order valence-corrected chi connectivity index (χ2v) is 8.07. The summed E-state index contributed by atoms with van der Waals surface area (Å²) in [6.45, 7) is 4.65. The van der Waals surface area contributed by atoms with E-state index in [4.69, 9.17) is 5.41 Å². The molecule has 1 aliphatic rings. The molecular weight excluding hydrogens is 491 g/mol. The van der Waals surface area contributed by atoms with Gasteiger partial charge in [0.2, 0.25) is 0 Å². The minimum atomic E-state index is -4.74. The highest BCUT2D eigenvalue weighted by molar-refractivity contribution is 7.16. The Morgan fingerprint density at radius 1 is 0.938 bits per heavy atom. The third-order valence-electron chi connectivity index (χ3n) is 5.11. The van der Waals surface area contributed by atoms with Gasteiger partial charge in [-0.05, 0) is 42.5 Å². The first-order chi connectivity index (χ1) is 14.3. The second kappa shape index (κ2) is 10.7. The minimum absolute atomic E-state index is 0. The van der Waals surface area contributed by atoms with E-state index in [1.807, 2.05) is 4.57 Å². The summed E-state index contributed by atoms with van der Waals surface area (Å²) in [6, 6.07) is 10.6. The van der Waals surface area contributed by atoms with E-state index in [1.165, 1.54) is 24.3 Å². The summed E-state index contributed by atoms with van der Waals surface area (Å²) in [7, 11) is 0. The van der Waals surface area contributed by atoms with Gasteiger partial charge in [0.25, 0.3) is 0 Å². The summed E-state index contributed by atoms with van der Waals surface area (Å²) in [5.74, 6) is -0.527. The number of aromatic nitrogens is 1. The first-order valence-corrected chi connectivity index (χ1v) is 10.3. The number of hydrogen-bond donors (Lipinski definition) is 1. The number of benzene rings is 2. The van der Waals surface area contributed by atoms with Crippen molar-refractivity contribution >= 4 is 52.1 Å². The lowest BCUT2D eigenvalue weighted by molar-refractivity contribution is -0.274. The Bertz CT molecular complexity index is 1080. The van der Waals surface area contributed by atoms with Crippen LogP contribution in [0.15, 0.2) is 42.5 Å². The number of nitrogens with zero attached hydrogens (tertiary/aromatic N) is 3. The van der Waals surface area contributed by atoms with Crippen molar-refractivity contribution in [1.29, 1.82) is 5.41 Å². The summed E-state index contributed by atoms with van der Waals surface area (Å²) in [5, 5.41) is 8.19. The third kappa shape index (κ3) is 6.28. The third-order valence-corrected chi connectivity index (χ3v) is 6.07. The average Bonchev–Trinajstić information content (AvgIpc) is 3.00. The van der Waals surface area contributed by atoms with Gasteiger partial charge in [-0.25, -0.2) is 4.39 Å². The fourth-order valence-electron chi connectivity index (χ4n) is 3.61. The molecule has 32 heavy (non-hydrogen) atoms. The summed E-state index contributed by atoms with van der Waals surface area (Å²) >= 11 is 1.13. The maximum atomic E-state index is 13.1.